The average molecular weight is 296 g/mol. The van der Waals surface area contributed by atoms with Crippen LogP contribution in [0, 0.1) is 5.92 Å². The van der Waals surface area contributed by atoms with Gasteiger partial charge in [0.15, 0.2) is 0 Å². The number of hydrogen-bond acceptors (Lipinski definition) is 5. The first kappa shape index (κ1) is 15.4. The molecule has 1 aliphatic heterocycles. The lowest BCUT2D eigenvalue weighted by Gasteiger charge is -2.32. The second-order valence-corrected chi connectivity index (χ2v) is 6.28. The molecule has 1 N–H and O–H groups in total. The predicted molar refractivity (Wildman–Crippen MR) is 80.4 cm³/mol. The fraction of sp³-hybridized carbons (Fsp3) is 0.786. The highest BCUT2D eigenvalue weighted by atomic mass is 32.1. The Bertz CT molecular complexity index is 409. The SMILES string of the molecule is CCCC(C)NC(=O)C1CCCN(Cc2csnn2)C1. The lowest BCUT2D eigenvalue weighted by Crippen LogP contribution is -2.45. The molecule has 0 radical (unpaired) electrons. The standard InChI is InChI=1S/C14H24N4OS/c1-3-5-11(2)15-14(19)12-6-4-7-18(8-12)9-13-10-20-17-16-13/h10-12H,3-9H2,1-2H3,(H,15,19). The molecule has 0 spiro atoms. The highest BCUT2D eigenvalue weighted by molar-refractivity contribution is 7.03. The zero-order valence-corrected chi connectivity index (χ0v) is 13.2. The van der Waals surface area contributed by atoms with E-state index in [4.69, 9.17) is 0 Å². The quantitative estimate of drug-likeness (QED) is 0.873. The van der Waals surface area contributed by atoms with Gasteiger partial charge in [-0.25, -0.2) is 0 Å². The number of likely N-dealkylation sites (tertiary alicyclic amines) is 1. The van der Waals surface area contributed by atoms with E-state index in [1.165, 1.54) is 11.5 Å². The number of amides is 1. The van der Waals surface area contributed by atoms with Gasteiger partial charge in [-0.1, -0.05) is 17.8 Å². The first-order valence-electron chi connectivity index (χ1n) is 7.47. The van der Waals surface area contributed by atoms with Crippen molar-refractivity contribution in [1.82, 2.24) is 19.8 Å². The first-order valence-corrected chi connectivity index (χ1v) is 8.31. The minimum Gasteiger partial charge on any atom is -0.353 e. The van der Waals surface area contributed by atoms with Crippen LogP contribution >= 0.6 is 11.5 Å². The molecule has 0 saturated carbocycles. The summed E-state index contributed by atoms with van der Waals surface area (Å²) in [6.45, 7) is 6.93. The molecule has 20 heavy (non-hydrogen) atoms. The van der Waals surface area contributed by atoms with Gasteiger partial charge >= 0.3 is 0 Å². The van der Waals surface area contributed by atoms with Crippen molar-refractivity contribution in [3.8, 4) is 0 Å². The minimum absolute atomic E-state index is 0.120. The van der Waals surface area contributed by atoms with Crippen molar-refractivity contribution in [2.75, 3.05) is 13.1 Å². The molecule has 2 atom stereocenters. The Balaban J connectivity index is 1.81. The number of rotatable bonds is 6. The molecule has 0 bridgehead atoms. The number of piperidine rings is 1. The van der Waals surface area contributed by atoms with Crippen LogP contribution in [0.5, 0.6) is 0 Å². The van der Waals surface area contributed by atoms with E-state index in [0.29, 0.717) is 0 Å². The summed E-state index contributed by atoms with van der Waals surface area (Å²) in [6, 6.07) is 0.283. The van der Waals surface area contributed by atoms with Gasteiger partial charge in [0, 0.05) is 24.5 Å². The summed E-state index contributed by atoms with van der Waals surface area (Å²) in [5.74, 6) is 0.335. The molecule has 1 aromatic rings. The molecule has 2 rings (SSSR count). The molecule has 2 heterocycles. The Labute approximate surface area is 124 Å². The Kier molecular flexibility index (Phi) is 5.91. The fourth-order valence-electron chi connectivity index (χ4n) is 2.76. The zero-order chi connectivity index (χ0) is 14.4. The van der Waals surface area contributed by atoms with E-state index in [1.54, 1.807) is 0 Å². The monoisotopic (exact) mass is 296 g/mol. The molecule has 1 aliphatic rings. The molecular weight excluding hydrogens is 272 g/mol. The van der Waals surface area contributed by atoms with Crippen LogP contribution in [0.2, 0.25) is 0 Å². The first-order chi connectivity index (χ1) is 9.69. The third-order valence-electron chi connectivity index (χ3n) is 3.78. The van der Waals surface area contributed by atoms with Crippen LogP contribution in [-0.2, 0) is 11.3 Å². The summed E-state index contributed by atoms with van der Waals surface area (Å²) in [7, 11) is 0. The summed E-state index contributed by atoms with van der Waals surface area (Å²) in [4.78, 5) is 14.6. The molecule has 0 aromatic carbocycles. The van der Waals surface area contributed by atoms with E-state index in [0.717, 1.165) is 51.0 Å². The Morgan fingerprint density at radius 1 is 1.65 bits per heavy atom. The molecule has 1 aromatic heterocycles. The van der Waals surface area contributed by atoms with Gasteiger partial charge in [0.05, 0.1) is 11.6 Å². The summed E-state index contributed by atoms with van der Waals surface area (Å²) in [6.07, 6.45) is 4.23. The van der Waals surface area contributed by atoms with E-state index in [-0.39, 0.29) is 17.9 Å². The minimum atomic E-state index is 0.120. The van der Waals surface area contributed by atoms with Crippen molar-refractivity contribution in [3.63, 3.8) is 0 Å². The predicted octanol–water partition coefficient (Wildman–Crippen LogP) is 2.05. The van der Waals surface area contributed by atoms with Crippen molar-refractivity contribution >= 4 is 17.4 Å². The molecule has 6 heteroatoms. The number of nitrogens with zero attached hydrogens (tertiary/aromatic N) is 3. The van der Waals surface area contributed by atoms with Crippen molar-refractivity contribution in [2.24, 2.45) is 5.92 Å². The Hall–Kier alpha value is -1.01. The van der Waals surface area contributed by atoms with Crippen LogP contribution in [0.4, 0.5) is 0 Å². The molecule has 2 unspecified atom stereocenters. The second-order valence-electron chi connectivity index (χ2n) is 5.67. The average Bonchev–Trinajstić information content (AvgIpc) is 2.92. The van der Waals surface area contributed by atoms with Gasteiger partial charge in [-0.2, -0.15) is 0 Å². The van der Waals surface area contributed by atoms with Gasteiger partial charge in [-0.3, -0.25) is 9.69 Å². The summed E-state index contributed by atoms with van der Waals surface area (Å²) in [5, 5.41) is 9.20. The van der Waals surface area contributed by atoms with E-state index in [1.807, 2.05) is 5.38 Å². The van der Waals surface area contributed by atoms with Crippen molar-refractivity contribution in [1.29, 1.82) is 0 Å². The van der Waals surface area contributed by atoms with E-state index >= 15 is 0 Å². The third-order valence-corrected chi connectivity index (χ3v) is 4.33. The number of nitrogens with one attached hydrogen (secondary N) is 1. The fourth-order valence-corrected chi connectivity index (χ4v) is 3.20. The molecule has 112 valence electrons. The van der Waals surface area contributed by atoms with Crippen LogP contribution in [0.1, 0.15) is 45.2 Å². The van der Waals surface area contributed by atoms with Crippen molar-refractivity contribution < 1.29 is 4.79 Å². The Morgan fingerprint density at radius 2 is 2.50 bits per heavy atom. The molecule has 0 aliphatic carbocycles. The molecular formula is C14H24N4OS. The van der Waals surface area contributed by atoms with Crippen molar-refractivity contribution in [3.05, 3.63) is 11.1 Å². The maximum Gasteiger partial charge on any atom is 0.224 e. The van der Waals surface area contributed by atoms with Crippen LogP contribution in [-0.4, -0.2) is 39.5 Å². The summed E-state index contributed by atoms with van der Waals surface area (Å²) in [5.41, 5.74) is 1.01. The third kappa shape index (κ3) is 4.52. The van der Waals surface area contributed by atoms with Gasteiger partial charge in [-0.15, -0.1) is 5.10 Å². The molecule has 1 fully saturated rings. The van der Waals surface area contributed by atoms with Gasteiger partial charge in [0.25, 0.3) is 0 Å². The molecule has 1 saturated heterocycles. The number of carbonyl (C=O) groups is 1. The normalized spacial score (nSPS) is 21.6. The second kappa shape index (κ2) is 7.69. The number of hydrogen-bond donors (Lipinski definition) is 1. The maximum absolute atomic E-state index is 12.3. The van der Waals surface area contributed by atoms with Crippen molar-refractivity contribution in [2.45, 2.75) is 52.1 Å². The van der Waals surface area contributed by atoms with E-state index in [9.17, 15) is 4.79 Å². The van der Waals surface area contributed by atoms with E-state index < -0.39 is 0 Å². The molecule has 5 nitrogen and oxygen atoms in total. The maximum atomic E-state index is 12.3. The van der Waals surface area contributed by atoms with Crippen LogP contribution in [0.15, 0.2) is 5.38 Å². The Morgan fingerprint density at radius 3 is 3.20 bits per heavy atom. The molecule has 1 amide bonds. The van der Waals surface area contributed by atoms with Crippen LogP contribution in [0.25, 0.3) is 0 Å². The van der Waals surface area contributed by atoms with Gasteiger partial charge in [0.2, 0.25) is 5.91 Å². The van der Waals surface area contributed by atoms with Gasteiger partial charge < -0.3 is 5.32 Å². The smallest absolute Gasteiger partial charge is 0.224 e. The lowest BCUT2D eigenvalue weighted by molar-refractivity contribution is -0.127. The highest BCUT2D eigenvalue weighted by Crippen LogP contribution is 2.19. The van der Waals surface area contributed by atoms with Crippen LogP contribution < -0.4 is 5.32 Å². The van der Waals surface area contributed by atoms with E-state index in [2.05, 4.69) is 33.7 Å². The summed E-state index contributed by atoms with van der Waals surface area (Å²) >= 11 is 1.38. The van der Waals surface area contributed by atoms with Gasteiger partial charge in [-0.05, 0) is 44.3 Å². The van der Waals surface area contributed by atoms with Crippen LogP contribution in [0.3, 0.4) is 0 Å². The zero-order valence-electron chi connectivity index (χ0n) is 12.3. The largest absolute Gasteiger partial charge is 0.353 e. The topological polar surface area (TPSA) is 58.1 Å². The highest BCUT2D eigenvalue weighted by Gasteiger charge is 2.26. The summed E-state index contributed by atoms with van der Waals surface area (Å²) < 4.78 is 3.89. The van der Waals surface area contributed by atoms with Gasteiger partial charge in [0.1, 0.15) is 0 Å². The lowest BCUT2D eigenvalue weighted by atomic mass is 9.96. The number of aromatic nitrogens is 2. The number of carbonyl (C=O) groups excluding carboxylic acids is 1.